The second-order valence-corrected chi connectivity index (χ2v) is 27.5. The van der Waals surface area contributed by atoms with Gasteiger partial charge >= 0.3 is 48.4 Å². The third kappa shape index (κ3) is 25.2. The molecule has 2 heterocycles. The fourth-order valence-electron chi connectivity index (χ4n) is 9.94. The van der Waals surface area contributed by atoms with Crippen molar-refractivity contribution in [1.29, 1.82) is 0 Å². The van der Waals surface area contributed by atoms with Gasteiger partial charge in [0.25, 0.3) is 5.91 Å². The number of rotatable bonds is 20. The maximum absolute atomic E-state index is 15.3. The third-order valence-electron chi connectivity index (χ3n) is 13.5. The highest BCUT2D eigenvalue weighted by Crippen LogP contribution is 2.37. The van der Waals surface area contributed by atoms with Gasteiger partial charge in [-0.25, -0.2) is 33.6 Å². The van der Waals surface area contributed by atoms with Crippen LogP contribution in [0.1, 0.15) is 171 Å². The van der Waals surface area contributed by atoms with Crippen molar-refractivity contribution in [3.8, 4) is 0 Å². The fourth-order valence-corrected chi connectivity index (χ4v) is 9.94. The number of esters is 3. The van der Waals surface area contributed by atoms with E-state index in [0.717, 1.165) is 6.92 Å². The van der Waals surface area contributed by atoms with Gasteiger partial charge in [-0.05, 0) is 154 Å². The van der Waals surface area contributed by atoms with Crippen molar-refractivity contribution >= 4 is 54.3 Å². The summed E-state index contributed by atoms with van der Waals surface area (Å²) in [6.45, 7) is 26.9. The minimum atomic E-state index is -1.89. The molecule has 0 spiro atoms. The largest absolute Gasteiger partial charge is 0.457 e. The number of amides is 6. The summed E-state index contributed by atoms with van der Waals surface area (Å²) >= 11 is 0. The molecular weight excluding hydrogens is 1200 g/mol. The zero-order valence-electron chi connectivity index (χ0n) is 55.8. The van der Waals surface area contributed by atoms with Gasteiger partial charge in [0.1, 0.15) is 52.4 Å². The van der Waals surface area contributed by atoms with Crippen molar-refractivity contribution in [2.75, 3.05) is 13.1 Å². The lowest BCUT2D eigenvalue weighted by molar-refractivity contribution is -0.314. The quantitative estimate of drug-likeness (QED) is 0.0511. The van der Waals surface area contributed by atoms with Crippen LogP contribution in [0.4, 0.5) is 24.0 Å². The van der Waals surface area contributed by atoms with Crippen LogP contribution in [-0.4, -0.2) is 186 Å². The number of hydrogen-bond acceptors (Lipinski definition) is 22. The van der Waals surface area contributed by atoms with Crippen LogP contribution in [0.15, 0.2) is 60.7 Å². The number of alkyl carbamates (subject to hydrolysis) is 5. The molecule has 28 nitrogen and oxygen atoms in total. The first-order valence-electron chi connectivity index (χ1n) is 30.9. The average molecular weight is 1300 g/mol. The second-order valence-electron chi connectivity index (χ2n) is 27.5. The summed E-state index contributed by atoms with van der Waals surface area (Å²) in [5.74, 6) is -3.92. The first-order chi connectivity index (χ1) is 42.7. The van der Waals surface area contributed by atoms with E-state index in [9.17, 15) is 43.5 Å². The number of aliphatic hydroxyl groups is 1. The lowest BCUT2D eigenvalue weighted by Crippen LogP contribution is -2.71. The van der Waals surface area contributed by atoms with Gasteiger partial charge < -0.3 is 93.8 Å². The topological polar surface area (TPSA) is 357 Å². The average Bonchev–Trinajstić information content (AvgIpc) is 0.769. The van der Waals surface area contributed by atoms with Gasteiger partial charge in [-0.3, -0.25) is 9.59 Å². The van der Waals surface area contributed by atoms with Gasteiger partial charge in [0, 0.05) is 26.4 Å². The molecule has 514 valence electrons. The van der Waals surface area contributed by atoms with Crippen LogP contribution in [0.25, 0.3) is 0 Å². The normalized spacial score (nSPS) is 25.6. The number of benzene rings is 2. The molecule has 6 unspecified atom stereocenters. The lowest BCUT2D eigenvalue weighted by atomic mass is 9.82. The summed E-state index contributed by atoms with van der Waals surface area (Å²) in [6, 6.07) is 9.79. The minimum absolute atomic E-state index is 0.0263. The van der Waals surface area contributed by atoms with Gasteiger partial charge in [-0.15, -0.1) is 0 Å². The molecule has 0 aromatic heterocycles. The second kappa shape index (κ2) is 32.4. The summed E-state index contributed by atoms with van der Waals surface area (Å²) in [5, 5.41) is 28.5. The first-order valence-corrected chi connectivity index (χ1v) is 30.9. The van der Waals surface area contributed by atoms with Crippen LogP contribution in [-0.2, 0) is 66.4 Å². The summed E-state index contributed by atoms with van der Waals surface area (Å²) < 4.78 is 73.4. The molecule has 2 aromatic rings. The Labute approximate surface area is 537 Å². The summed E-state index contributed by atoms with van der Waals surface area (Å²) in [4.78, 5) is 125. The van der Waals surface area contributed by atoms with Crippen molar-refractivity contribution in [3.05, 3.63) is 71.8 Å². The van der Waals surface area contributed by atoms with Crippen molar-refractivity contribution in [2.45, 2.75) is 263 Å². The van der Waals surface area contributed by atoms with E-state index in [1.54, 1.807) is 147 Å². The molecule has 3 fully saturated rings. The predicted octanol–water partition coefficient (Wildman–Crippen LogP) is 7.15. The SMILES string of the molecule is CCC1O[C@@H](O[C@H]2C(OC(C)=O)C(O[C@@H]3OC(CNC(=O)OC(C)(C)C)CCC3NC(=O)OC(C)(C)C)[C@@H](NC(=O)OC(C)(C)C)C[C@H]2NC(=O)[C@H](CCNC(=O)OC(C)(C)C)OC(=O)c2ccccc2)C(OC(=O)c2ccccc2)[C@@H](NC(=O)OC(C)(C)C)[C@H]1O. The van der Waals surface area contributed by atoms with E-state index in [1.165, 1.54) is 24.3 Å². The smallest absolute Gasteiger partial charge is 0.408 e. The third-order valence-corrected chi connectivity index (χ3v) is 13.5. The molecule has 2 saturated heterocycles. The van der Waals surface area contributed by atoms with Gasteiger partial charge in [-0.2, -0.15) is 0 Å². The van der Waals surface area contributed by atoms with E-state index in [1.807, 2.05) is 0 Å². The molecule has 2 aliphatic heterocycles. The van der Waals surface area contributed by atoms with Crippen LogP contribution in [0.2, 0.25) is 0 Å². The monoisotopic (exact) mass is 1300 g/mol. The van der Waals surface area contributed by atoms with E-state index in [-0.39, 0.29) is 49.9 Å². The van der Waals surface area contributed by atoms with Crippen LogP contribution >= 0.6 is 0 Å². The first kappa shape index (κ1) is 75.2. The number of ether oxygens (including phenoxy) is 12. The number of nitrogens with one attached hydrogen (secondary N) is 6. The Morgan fingerprint density at radius 2 is 0.978 bits per heavy atom. The molecule has 7 N–H and O–H groups in total. The Morgan fingerprint density at radius 3 is 1.48 bits per heavy atom. The summed E-state index contributed by atoms with van der Waals surface area (Å²) in [5.41, 5.74) is -4.87. The molecular formula is C64H96N6O22. The van der Waals surface area contributed by atoms with Gasteiger partial charge in [0.2, 0.25) is 0 Å². The zero-order chi connectivity index (χ0) is 68.7. The Bertz CT molecular complexity index is 2810. The van der Waals surface area contributed by atoms with E-state index in [2.05, 4.69) is 31.9 Å². The standard InChI is InChI=1S/C64H96N6O22/c1-18-42-45(72)44(70-59(80)92-64(15,16)17)48(85-52(75)37-27-23-20-24-28-37)54(84-42)87-46-40(67-50(73)43(31-32-65-55(76)88-60(3,4)5)83-51(74)36-25-21-19-22-26-36)33-41(69-58(79)91-63(12,13)14)47(49(46)81-35(2)71)86-53-39(68-57(78)90-62(9,10)11)30-29-38(82-53)34-66-56(77)89-61(6,7)8/h19-28,38-49,53-54,72H,18,29-34H2,1-17H3,(H,65,76)(H,66,77)(H,67,73)(H,68,78)(H,69,79)(H,70,80)/t38?,39?,40-,41+,42?,43+,44+,45+,46-,47?,48?,49?,53+,54+/m1/s1. The Kier molecular flexibility index (Phi) is 26.4. The molecule has 6 amide bonds. The molecule has 14 atom stereocenters. The highest BCUT2D eigenvalue weighted by Gasteiger charge is 2.56. The van der Waals surface area contributed by atoms with Crippen LogP contribution in [0.5, 0.6) is 0 Å². The number of carbonyl (C=O) groups excluding carboxylic acids is 9. The van der Waals surface area contributed by atoms with Crippen LogP contribution in [0, 0.1) is 0 Å². The van der Waals surface area contributed by atoms with Gasteiger partial charge in [0.05, 0.1) is 41.5 Å². The van der Waals surface area contributed by atoms with Crippen molar-refractivity contribution in [1.82, 2.24) is 31.9 Å². The van der Waals surface area contributed by atoms with Crippen molar-refractivity contribution in [3.63, 3.8) is 0 Å². The molecule has 3 aliphatic rings. The molecule has 1 aliphatic carbocycles. The number of aliphatic hydroxyl groups excluding tert-OH is 1. The highest BCUT2D eigenvalue weighted by atomic mass is 16.7. The minimum Gasteiger partial charge on any atom is -0.457 e. The molecule has 28 heteroatoms. The molecule has 0 bridgehead atoms. The maximum atomic E-state index is 15.3. The zero-order valence-corrected chi connectivity index (χ0v) is 55.8. The summed E-state index contributed by atoms with van der Waals surface area (Å²) in [6.07, 6.45) is -21.1. The molecule has 92 heavy (non-hydrogen) atoms. The Morgan fingerprint density at radius 1 is 0.522 bits per heavy atom. The number of carbonyl (C=O) groups is 9. The maximum Gasteiger partial charge on any atom is 0.408 e. The van der Waals surface area contributed by atoms with E-state index < -0.39 is 174 Å². The van der Waals surface area contributed by atoms with E-state index in [0.29, 0.717) is 0 Å². The van der Waals surface area contributed by atoms with Gasteiger partial charge in [0.15, 0.2) is 30.9 Å². The highest BCUT2D eigenvalue weighted by molar-refractivity contribution is 5.92. The number of hydrogen-bond donors (Lipinski definition) is 7. The van der Waals surface area contributed by atoms with Crippen LogP contribution in [0.3, 0.4) is 0 Å². The Hall–Kier alpha value is -7.53. The summed E-state index contributed by atoms with van der Waals surface area (Å²) in [7, 11) is 0. The Balaban J connectivity index is 1.75. The van der Waals surface area contributed by atoms with Crippen molar-refractivity contribution in [2.24, 2.45) is 0 Å². The van der Waals surface area contributed by atoms with E-state index in [4.69, 9.17) is 56.8 Å². The molecule has 0 radical (unpaired) electrons. The molecule has 5 rings (SSSR count). The van der Waals surface area contributed by atoms with Gasteiger partial charge in [-0.1, -0.05) is 43.3 Å². The fraction of sp³-hybridized carbons (Fsp3) is 0.672. The lowest BCUT2D eigenvalue weighted by Gasteiger charge is -2.50. The molecule has 1 saturated carbocycles. The van der Waals surface area contributed by atoms with Crippen molar-refractivity contribution < 1.29 is 105 Å². The molecule has 2 aromatic carbocycles. The van der Waals surface area contributed by atoms with E-state index >= 15 is 4.79 Å². The predicted molar refractivity (Wildman–Crippen MR) is 329 cm³/mol. The van der Waals surface area contributed by atoms with Crippen LogP contribution < -0.4 is 31.9 Å².